The summed E-state index contributed by atoms with van der Waals surface area (Å²) < 4.78 is 0. The first-order valence-electron chi connectivity index (χ1n) is 8.30. The van der Waals surface area contributed by atoms with Crippen LogP contribution in [0.5, 0.6) is 0 Å². The van der Waals surface area contributed by atoms with E-state index in [4.69, 9.17) is 47.0 Å². The Morgan fingerprint density at radius 2 is 1.56 bits per heavy atom. The van der Waals surface area contributed by atoms with Crippen LogP contribution in [0.15, 0.2) is 72.8 Å². The second-order valence-corrected chi connectivity index (χ2v) is 7.68. The minimum absolute atomic E-state index is 0.553. The van der Waals surface area contributed by atoms with E-state index in [-0.39, 0.29) is 0 Å². The fourth-order valence-electron chi connectivity index (χ4n) is 2.63. The number of rotatable bonds is 5. The fourth-order valence-corrected chi connectivity index (χ4v) is 3.53. The van der Waals surface area contributed by atoms with E-state index in [1.807, 2.05) is 54.6 Å². The van der Waals surface area contributed by atoms with E-state index in [1.165, 1.54) is 0 Å². The third kappa shape index (κ3) is 5.85. The van der Waals surface area contributed by atoms with Crippen LogP contribution in [0.2, 0.25) is 15.1 Å². The maximum Gasteiger partial charge on any atom is 0.174 e. The predicted molar refractivity (Wildman–Crippen MR) is 120 cm³/mol. The number of nitrogens with one attached hydrogen (secondary N) is 1. The Morgan fingerprint density at radius 3 is 2.26 bits per heavy atom. The molecule has 0 atom stereocenters. The van der Waals surface area contributed by atoms with Gasteiger partial charge in [0.1, 0.15) is 0 Å². The van der Waals surface area contributed by atoms with Gasteiger partial charge in [-0.3, -0.25) is 0 Å². The number of hydrogen-bond acceptors (Lipinski definition) is 1. The van der Waals surface area contributed by atoms with Crippen molar-refractivity contribution in [3.63, 3.8) is 0 Å². The van der Waals surface area contributed by atoms with Gasteiger partial charge in [-0.25, -0.2) is 0 Å². The van der Waals surface area contributed by atoms with Crippen LogP contribution in [-0.4, -0.2) is 10.0 Å². The smallest absolute Gasteiger partial charge is 0.174 e. The molecular weight excluding hydrogens is 419 g/mol. The lowest BCUT2D eigenvalue weighted by atomic mass is 10.1. The van der Waals surface area contributed by atoms with Gasteiger partial charge in [0.25, 0.3) is 0 Å². The van der Waals surface area contributed by atoms with Gasteiger partial charge in [-0.2, -0.15) is 0 Å². The fraction of sp³-hybridized carbons (Fsp3) is 0.0952. The van der Waals surface area contributed by atoms with Gasteiger partial charge in [0.2, 0.25) is 0 Å². The van der Waals surface area contributed by atoms with Crippen LogP contribution in [0, 0.1) is 0 Å². The molecule has 0 aromatic heterocycles. The summed E-state index contributed by atoms with van der Waals surface area (Å²) >= 11 is 24.1. The van der Waals surface area contributed by atoms with Gasteiger partial charge in [0.15, 0.2) is 5.11 Å². The standard InChI is InChI=1S/C21H17Cl3N2S/c22-17-7-4-8-19(11-17)25-21(27)26(13-15-5-2-1-3-6-15)14-16-9-10-18(23)12-20(16)24/h1-12H,13-14H2,(H,25,27). The number of halogens is 3. The molecule has 0 amide bonds. The molecule has 0 saturated heterocycles. The van der Waals surface area contributed by atoms with Gasteiger partial charge < -0.3 is 10.2 Å². The van der Waals surface area contributed by atoms with Crippen LogP contribution in [0.25, 0.3) is 0 Å². The maximum atomic E-state index is 6.37. The largest absolute Gasteiger partial charge is 0.340 e. The zero-order valence-electron chi connectivity index (χ0n) is 14.3. The van der Waals surface area contributed by atoms with Crippen molar-refractivity contribution in [3.05, 3.63) is 99.0 Å². The number of nitrogens with zero attached hydrogens (tertiary/aromatic N) is 1. The van der Waals surface area contributed by atoms with Crippen LogP contribution >= 0.6 is 47.0 Å². The Kier molecular flexibility index (Phi) is 6.97. The van der Waals surface area contributed by atoms with Crippen molar-refractivity contribution in [2.45, 2.75) is 13.1 Å². The lowest BCUT2D eigenvalue weighted by molar-refractivity contribution is 0.413. The minimum Gasteiger partial charge on any atom is -0.340 e. The van der Waals surface area contributed by atoms with E-state index >= 15 is 0 Å². The summed E-state index contributed by atoms with van der Waals surface area (Å²) in [6, 6.07) is 23.1. The molecule has 6 heteroatoms. The van der Waals surface area contributed by atoms with E-state index < -0.39 is 0 Å². The van der Waals surface area contributed by atoms with Crippen molar-refractivity contribution in [3.8, 4) is 0 Å². The van der Waals surface area contributed by atoms with Crippen molar-refractivity contribution >= 4 is 57.8 Å². The summed E-state index contributed by atoms with van der Waals surface area (Å²) in [5.74, 6) is 0. The zero-order valence-corrected chi connectivity index (χ0v) is 17.4. The summed E-state index contributed by atoms with van der Waals surface area (Å²) in [4.78, 5) is 2.06. The molecule has 0 aliphatic carbocycles. The Hall–Kier alpha value is -1.78. The molecule has 0 aliphatic heterocycles. The number of thiocarbonyl (C=S) groups is 1. The molecule has 3 aromatic carbocycles. The van der Waals surface area contributed by atoms with Crippen molar-refractivity contribution in [2.75, 3.05) is 5.32 Å². The Bertz CT molecular complexity index is 932. The average molecular weight is 436 g/mol. The maximum absolute atomic E-state index is 6.37. The van der Waals surface area contributed by atoms with Gasteiger partial charge in [0.05, 0.1) is 0 Å². The van der Waals surface area contributed by atoms with Gasteiger partial charge in [0, 0.05) is 33.8 Å². The quantitative estimate of drug-likeness (QED) is 0.432. The van der Waals surface area contributed by atoms with E-state index in [9.17, 15) is 0 Å². The molecule has 138 valence electrons. The second-order valence-electron chi connectivity index (χ2n) is 6.02. The van der Waals surface area contributed by atoms with Crippen LogP contribution < -0.4 is 5.32 Å². The summed E-state index contributed by atoms with van der Waals surface area (Å²) in [7, 11) is 0. The van der Waals surface area contributed by atoms with Crippen LogP contribution in [-0.2, 0) is 13.1 Å². The zero-order chi connectivity index (χ0) is 19.2. The van der Waals surface area contributed by atoms with Crippen LogP contribution in [0.4, 0.5) is 5.69 Å². The first-order chi connectivity index (χ1) is 13.0. The van der Waals surface area contributed by atoms with Gasteiger partial charge in [-0.15, -0.1) is 0 Å². The molecule has 0 radical (unpaired) electrons. The number of hydrogen-bond donors (Lipinski definition) is 1. The molecular formula is C21H17Cl3N2S. The molecule has 3 aromatic rings. The minimum atomic E-state index is 0.553. The van der Waals surface area contributed by atoms with Gasteiger partial charge in [-0.1, -0.05) is 77.3 Å². The van der Waals surface area contributed by atoms with Crippen molar-refractivity contribution in [2.24, 2.45) is 0 Å². The normalized spacial score (nSPS) is 10.5. The topological polar surface area (TPSA) is 15.3 Å². The average Bonchev–Trinajstić information content (AvgIpc) is 2.64. The van der Waals surface area contributed by atoms with E-state index in [1.54, 1.807) is 6.07 Å². The highest BCUT2D eigenvalue weighted by Gasteiger charge is 2.14. The Balaban J connectivity index is 1.83. The van der Waals surface area contributed by atoms with Crippen molar-refractivity contribution < 1.29 is 0 Å². The number of anilines is 1. The molecule has 1 N–H and O–H groups in total. The SMILES string of the molecule is S=C(Nc1cccc(Cl)c1)N(Cc1ccccc1)Cc1ccc(Cl)cc1Cl. The molecule has 2 nitrogen and oxygen atoms in total. The highest BCUT2D eigenvalue weighted by molar-refractivity contribution is 7.80. The lowest BCUT2D eigenvalue weighted by Gasteiger charge is -2.27. The predicted octanol–water partition coefficient (Wildman–Crippen LogP) is 7.05. The van der Waals surface area contributed by atoms with Gasteiger partial charge >= 0.3 is 0 Å². The lowest BCUT2D eigenvalue weighted by Crippen LogP contribution is -2.33. The van der Waals surface area contributed by atoms with Crippen molar-refractivity contribution in [1.82, 2.24) is 4.90 Å². The molecule has 0 unspecified atom stereocenters. The third-order valence-corrected chi connectivity index (χ3v) is 5.14. The molecule has 0 spiro atoms. The first-order valence-corrected chi connectivity index (χ1v) is 9.85. The summed E-state index contributed by atoms with van der Waals surface area (Å²) in [6.07, 6.45) is 0. The van der Waals surface area contributed by atoms with Crippen LogP contribution in [0.3, 0.4) is 0 Å². The molecule has 0 bridgehead atoms. The van der Waals surface area contributed by atoms with Crippen LogP contribution in [0.1, 0.15) is 11.1 Å². The highest BCUT2D eigenvalue weighted by atomic mass is 35.5. The van der Waals surface area contributed by atoms with E-state index in [0.29, 0.717) is 33.3 Å². The Labute approximate surface area is 179 Å². The highest BCUT2D eigenvalue weighted by Crippen LogP contribution is 2.24. The number of benzene rings is 3. The molecule has 0 aliphatic rings. The monoisotopic (exact) mass is 434 g/mol. The molecule has 0 saturated carbocycles. The molecule has 3 rings (SSSR count). The Morgan fingerprint density at radius 1 is 0.815 bits per heavy atom. The molecule has 27 heavy (non-hydrogen) atoms. The second kappa shape index (κ2) is 9.43. The molecule has 0 heterocycles. The van der Waals surface area contributed by atoms with Gasteiger partial charge in [-0.05, 0) is 53.7 Å². The summed E-state index contributed by atoms with van der Waals surface area (Å²) in [5.41, 5.74) is 2.94. The first kappa shape index (κ1) is 20.0. The van der Waals surface area contributed by atoms with E-state index in [0.717, 1.165) is 16.8 Å². The third-order valence-electron chi connectivity index (χ3n) is 3.96. The van der Waals surface area contributed by atoms with E-state index in [2.05, 4.69) is 22.3 Å². The summed E-state index contributed by atoms with van der Waals surface area (Å²) in [5, 5.41) is 5.72. The molecule has 0 fully saturated rings. The van der Waals surface area contributed by atoms with Crippen molar-refractivity contribution in [1.29, 1.82) is 0 Å². The summed E-state index contributed by atoms with van der Waals surface area (Å²) in [6.45, 7) is 1.20.